The Balaban J connectivity index is 1.36. The van der Waals surface area contributed by atoms with Crippen molar-refractivity contribution in [3.8, 4) is 5.75 Å². The largest absolute Gasteiger partial charge is 0.497 e. The van der Waals surface area contributed by atoms with Gasteiger partial charge in [0.15, 0.2) is 0 Å². The molecule has 7 nitrogen and oxygen atoms in total. The maximum absolute atomic E-state index is 13.7. The highest BCUT2D eigenvalue weighted by atomic mass is 32.2. The van der Waals surface area contributed by atoms with E-state index in [-0.39, 0.29) is 36.1 Å². The summed E-state index contributed by atoms with van der Waals surface area (Å²) in [6, 6.07) is 25.8. The Bertz CT molecular complexity index is 1230. The van der Waals surface area contributed by atoms with Crippen molar-refractivity contribution in [2.45, 2.75) is 55.8 Å². The van der Waals surface area contributed by atoms with Gasteiger partial charge in [-0.2, -0.15) is 4.31 Å². The van der Waals surface area contributed by atoms with Gasteiger partial charge in [0.1, 0.15) is 12.4 Å². The number of ether oxygens (including phenoxy) is 2. The van der Waals surface area contributed by atoms with E-state index in [1.807, 2.05) is 60.7 Å². The number of esters is 1. The van der Waals surface area contributed by atoms with Crippen molar-refractivity contribution in [3.05, 3.63) is 96.1 Å². The van der Waals surface area contributed by atoms with Crippen LogP contribution >= 0.6 is 0 Å². The van der Waals surface area contributed by atoms with E-state index in [4.69, 9.17) is 9.47 Å². The summed E-state index contributed by atoms with van der Waals surface area (Å²) < 4.78 is 39.6. The Morgan fingerprint density at radius 2 is 1.46 bits per heavy atom. The maximum Gasteiger partial charge on any atom is 0.320 e. The van der Waals surface area contributed by atoms with Gasteiger partial charge in [-0.1, -0.05) is 60.7 Å². The van der Waals surface area contributed by atoms with Crippen LogP contribution in [0.2, 0.25) is 0 Å². The first-order valence-corrected chi connectivity index (χ1v) is 14.0. The number of hydrogen-bond acceptors (Lipinski definition) is 6. The van der Waals surface area contributed by atoms with Crippen LogP contribution in [0.25, 0.3) is 0 Å². The maximum atomic E-state index is 13.7. The molecule has 196 valence electrons. The lowest BCUT2D eigenvalue weighted by molar-refractivity contribution is -0.144. The fourth-order valence-electron chi connectivity index (χ4n) is 4.64. The number of nitrogens with zero attached hydrogens (tertiary/aromatic N) is 1. The highest BCUT2D eigenvalue weighted by Crippen LogP contribution is 2.30. The van der Waals surface area contributed by atoms with Crippen molar-refractivity contribution in [2.24, 2.45) is 0 Å². The molecule has 1 fully saturated rings. The summed E-state index contributed by atoms with van der Waals surface area (Å²) in [7, 11) is -2.16. The number of sulfonamides is 1. The van der Waals surface area contributed by atoms with E-state index in [9.17, 15) is 13.2 Å². The van der Waals surface area contributed by atoms with E-state index < -0.39 is 10.0 Å². The molecule has 1 N–H and O–H groups in total. The molecular formula is C29H34N2O5S. The topological polar surface area (TPSA) is 84.9 Å². The molecule has 0 atom stereocenters. The molecule has 0 bridgehead atoms. The number of nitrogens with one attached hydrogen (secondary N) is 1. The summed E-state index contributed by atoms with van der Waals surface area (Å²) in [5.41, 5.74) is 1.90. The van der Waals surface area contributed by atoms with Crippen LogP contribution in [-0.4, -0.2) is 44.4 Å². The van der Waals surface area contributed by atoms with Gasteiger partial charge in [0.25, 0.3) is 0 Å². The summed E-state index contributed by atoms with van der Waals surface area (Å²) >= 11 is 0. The second-order valence-corrected chi connectivity index (χ2v) is 11.1. The second kappa shape index (κ2) is 12.9. The summed E-state index contributed by atoms with van der Waals surface area (Å²) in [6.45, 7) is 0.704. The molecule has 0 amide bonds. The molecule has 0 spiro atoms. The van der Waals surface area contributed by atoms with Crippen LogP contribution in [0, 0.1) is 0 Å². The van der Waals surface area contributed by atoms with Gasteiger partial charge in [-0.3, -0.25) is 4.79 Å². The van der Waals surface area contributed by atoms with Crippen molar-refractivity contribution < 1.29 is 22.7 Å². The number of carbonyl (C=O) groups excluding carboxylic acids is 1. The molecule has 1 aliphatic rings. The molecule has 3 aromatic rings. The standard InChI is InChI=1S/C29H34N2O5S/c1-35-27-16-18-28(19-17-27)37(33,34)31(21-23-8-4-2-5-9-23)26-14-12-25(13-15-26)30-20-29(32)36-22-24-10-6-3-7-11-24/h2-11,16-19,25-26,30H,12-15,20-22H2,1H3. The molecule has 8 heteroatoms. The first kappa shape index (κ1) is 26.9. The molecular weight excluding hydrogens is 488 g/mol. The van der Waals surface area contributed by atoms with E-state index >= 15 is 0 Å². The van der Waals surface area contributed by atoms with Crippen LogP contribution in [0.1, 0.15) is 36.8 Å². The summed E-state index contributed by atoms with van der Waals surface area (Å²) in [5, 5.41) is 3.29. The van der Waals surface area contributed by atoms with E-state index in [0.29, 0.717) is 25.1 Å². The summed E-state index contributed by atoms with van der Waals surface area (Å²) in [5.74, 6) is 0.321. The zero-order valence-electron chi connectivity index (χ0n) is 21.1. The molecule has 0 unspecified atom stereocenters. The van der Waals surface area contributed by atoms with Crippen molar-refractivity contribution in [1.82, 2.24) is 9.62 Å². The quantitative estimate of drug-likeness (QED) is 0.373. The van der Waals surface area contributed by atoms with Gasteiger partial charge in [-0.15, -0.1) is 0 Å². The first-order valence-electron chi connectivity index (χ1n) is 12.6. The third-order valence-electron chi connectivity index (χ3n) is 6.73. The minimum absolute atomic E-state index is 0.129. The Kier molecular flexibility index (Phi) is 9.33. The average molecular weight is 523 g/mol. The van der Waals surface area contributed by atoms with Crippen molar-refractivity contribution in [2.75, 3.05) is 13.7 Å². The van der Waals surface area contributed by atoms with E-state index in [1.165, 1.54) is 0 Å². The minimum atomic E-state index is -3.72. The van der Waals surface area contributed by atoms with Gasteiger partial charge >= 0.3 is 5.97 Å². The normalized spacial score (nSPS) is 17.9. The lowest BCUT2D eigenvalue weighted by atomic mass is 9.91. The third-order valence-corrected chi connectivity index (χ3v) is 8.64. The highest BCUT2D eigenvalue weighted by Gasteiger charge is 2.34. The molecule has 37 heavy (non-hydrogen) atoms. The Labute approximate surface area is 219 Å². The van der Waals surface area contributed by atoms with E-state index in [2.05, 4.69) is 5.32 Å². The highest BCUT2D eigenvalue weighted by molar-refractivity contribution is 7.89. The van der Waals surface area contributed by atoms with Gasteiger partial charge in [0.2, 0.25) is 10.0 Å². The average Bonchev–Trinajstić information content (AvgIpc) is 2.95. The SMILES string of the molecule is COc1ccc(S(=O)(=O)N(Cc2ccccc2)C2CCC(NCC(=O)OCc3ccccc3)CC2)cc1. The molecule has 0 radical (unpaired) electrons. The molecule has 1 saturated carbocycles. The van der Waals surface area contributed by atoms with Crippen LogP contribution in [0.3, 0.4) is 0 Å². The van der Waals surface area contributed by atoms with E-state index in [0.717, 1.165) is 24.0 Å². The number of hydrogen-bond donors (Lipinski definition) is 1. The number of benzene rings is 3. The Hall–Kier alpha value is -3.20. The molecule has 4 rings (SSSR count). The molecule has 0 saturated heterocycles. The summed E-state index contributed by atoms with van der Waals surface area (Å²) in [6.07, 6.45) is 2.97. The lowest BCUT2D eigenvalue weighted by Gasteiger charge is -2.36. The van der Waals surface area contributed by atoms with Gasteiger partial charge in [-0.25, -0.2) is 8.42 Å². The summed E-state index contributed by atoms with van der Waals surface area (Å²) in [4.78, 5) is 12.4. The molecule has 0 aromatic heterocycles. The lowest BCUT2D eigenvalue weighted by Crippen LogP contribution is -2.45. The number of methoxy groups -OCH3 is 1. The fraction of sp³-hybridized carbons (Fsp3) is 0.345. The molecule has 0 heterocycles. The van der Waals surface area contributed by atoms with Crippen molar-refractivity contribution in [1.29, 1.82) is 0 Å². The Morgan fingerprint density at radius 1 is 0.865 bits per heavy atom. The third kappa shape index (κ3) is 7.41. The smallest absolute Gasteiger partial charge is 0.320 e. The zero-order chi connectivity index (χ0) is 26.1. The Morgan fingerprint density at radius 3 is 2.05 bits per heavy atom. The van der Waals surface area contributed by atoms with Gasteiger partial charge in [0, 0.05) is 18.6 Å². The van der Waals surface area contributed by atoms with Crippen molar-refractivity contribution in [3.63, 3.8) is 0 Å². The van der Waals surface area contributed by atoms with Crippen LogP contribution in [-0.2, 0) is 32.7 Å². The fourth-order valence-corrected chi connectivity index (χ4v) is 6.31. The monoisotopic (exact) mass is 522 g/mol. The number of carbonyl (C=O) groups is 1. The predicted molar refractivity (Wildman–Crippen MR) is 142 cm³/mol. The number of rotatable bonds is 11. The van der Waals surface area contributed by atoms with Gasteiger partial charge in [-0.05, 0) is 61.1 Å². The van der Waals surface area contributed by atoms with Crippen molar-refractivity contribution >= 4 is 16.0 Å². The van der Waals surface area contributed by atoms with Gasteiger partial charge in [0.05, 0.1) is 18.6 Å². The van der Waals surface area contributed by atoms with Crippen LogP contribution in [0.5, 0.6) is 5.75 Å². The molecule has 0 aliphatic heterocycles. The van der Waals surface area contributed by atoms with Crippen LogP contribution < -0.4 is 10.1 Å². The first-order chi connectivity index (χ1) is 18.0. The molecule has 3 aromatic carbocycles. The zero-order valence-corrected chi connectivity index (χ0v) is 21.9. The van der Waals surface area contributed by atoms with Crippen LogP contribution in [0.15, 0.2) is 89.8 Å². The molecule has 1 aliphatic carbocycles. The van der Waals surface area contributed by atoms with E-state index in [1.54, 1.807) is 35.7 Å². The minimum Gasteiger partial charge on any atom is -0.497 e. The van der Waals surface area contributed by atoms with Gasteiger partial charge < -0.3 is 14.8 Å². The second-order valence-electron chi connectivity index (χ2n) is 9.24. The predicted octanol–water partition coefficient (Wildman–Crippen LogP) is 4.53. The van der Waals surface area contributed by atoms with Crippen LogP contribution in [0.4, 0.5) is 0 Å².